The van der Waals surface area contributed by atoms with Crippen molar-refractivity contribution in [3.8, 4) is 11.5 Å². The minimum absolute atomic E-state index is 0.0402. The first-order chi connectivity index (χ1) is 9.58. The number of carbonyl (C=O) groups is 1. The highest BCUT2D eigenvalue weighted by molar-refractivity contribution is 5.98. The normalized spacial score (nSPS) is 19.6. The van der Waals surface area contributed by atoms with Crippen LogP contribution in [0.1, 0.15) is 32.6 Å². The van der Waals surface area contributed by atoms with Crippen molar-refractivity contribution in [2.24, 2.45) is 5.41 Å². The van der Waals surface area contributed by atoms with E-state index in [4.69, 9.17) is 15.2 Å². The van der Waals surface area contributed by atoms with Crippen molar-refractivity contribution in [3.05, 3.63) is 12.1 Å². The fraction of sp³-hybridized carbons (Fsp3) is 0.533. The van der Waals surface area contributed by atoms with Gasteiger partial charge in [-0.05, 0) is 12.8 Å². The summed E-state index contributed by atoms with van der Waals surface area (Å²) in [6.45, 7) is 3.06. The van der Waals surface area contributed by atoms with E-state index in [9.17, 15) is 4.79 Å². The third kappa shape index (κ3) is 2.28. The zero-order chi connectivity index (χ0) is 14.2. The van der Waals surface area contributed by atoms with Gasteiger partial charge in [0.1, 0.15) is 13.2 Å². The number of hydrogen-bond acceptors (Lipinski definition) is 4. The predicted octanol–water partition coefficient (Wildman–Crippen LogP) is 2.56. The highest BCUT2D eigenvalue weighted by Gasteiger charge is 2.36. The van der Waals surface area contributed by atoms with Gasteiger partial charge in [0, 0.05) is 17.5 Å². The molecule has 1 aromatic carbocycles. The molecule has 0 unspecified atom stereocenters. The topological polar surface area (TPSA) is 73.6 Å². The Morgan fingerprint density at radius 3 is 2.45 bits per heavy atom. The number of fused-ring (bicyclic) bond motifs is 1. The molecule has 2 aliphatic rings. The van der Waals surface area contributed by atoms with E-state index in [1.165, 1.54) is 0 Å². The van der Waals surface area contributed by atoms with Crippen LogP contribution in [0, 0.1) is 5.41 Å². The zero-order valence-electron chi connectivity index (χ0n) is 11.7. The lowest BCUT2D eigenvalue weighted by molar-refractivity contribution is -0.124. The molecule has 0 atom stereocenters. The summed E-state index contributed by atoms with van der Waals surface area (Å²) in [5.74, 6) is 1.31. The Bertz CT molecular complexity index is 536. The smallest absolute Gasteiger partial charge is 0.230 e. The Labute approximate surface area is 118 Å². The van der Waals surface area contributed by atoms with Gasteiger partial charge in [0.2, 0.25) is 5.91 Å². The van der Waals surface area contributed by atoms with Crippen LogP contribution < -0.4 is 20.5 Å². The summed E-state index contributed by atoms with van der Waals surface area (Å²) in [6.07, 6.45) is 4.09. The molecule has 0 radical (unpaired) electrons. The fourth-order valence-electron chi connectivity index (χ4n) is 2.87. The predicted molar refractivity (Wildman–Crippen MR) is 77.0 cm³/mol. The first kappa shape index (κ1) is 13.1. The van der Waals surface area contributed by atoms with E-state index in [1.54, 1.807) is 12.1 Å². The third-order valence-corrected chi connectivity index (χ3v) is 4.22. The minimum Gasteiger partial charge on any atom is -0.486 e. The number of hydrogen-bond donors (Lipinski definition) is 2. The van der Waals surface area contributed by atoms with Gasteiger partial charge >= 0.3 is 0 Å². The van der Waals surface area contributed by atoms with Crippen LogP contribution in [0.15, 0.2) is 12.1 Å². The molecule has 1 aliphatic heterocycles. The van der Waals surface area contributed by atoms with Crippen molar-refractivity contribution in [1.29, 1.82) is 0 Å². The Hall–Kier alpha value is -1.91. The lowest BCUT2D eigenvalue weighted by Crippen LogP contribution is -2.31. The van der Waals surface area contributed by atoms with Gasteiger partial charge in [-0.15, -0.1) is 0 Å². The molecule has 20 heavy (non-hydrogen) atoms. The molecular formula is C15H20N2O3. The lowest BCUT2D eigenvalue weighted by atomic mass is 9.88. The molecule has 5 nitrogen and oxygen atoms in total. The molecule has 3 rings (SSSR count). The summed E-state index contributed by atoms with van der Waals surface area (Å²) in [5, 5.41) is 2.94. The second-order valence-corrected chi connectivity index (χ2v) is 5.81. The van der Waals surface area contributed by atoms with Crippen molar-refractivity contribution in [2.75, 3.05) is 24.3 Å². The van der Waals surface area contributed by atoms with Crippen LogP contribution >= 0.6 is 0 Å². The van der Waals surface area contributed by atoms with Crippen molar-refractivity contribution in [1.82, 2.24) is 0 Å². The van der Waals surface area contributed by atoms with Crippen LogP contribution in [-0.4, -0.2) is 19.1 Å². The molecule has 1 aliphatic carbocycles. The molecule has 0 spiro atoms. The highest BCUT2D eigenvalue weighted by Crippen LogP contribution is 2.41. The Morgan fingerprint density at radius 2 is 1.80 bits per heavy atom. The molecule has 0 aromatic heterocycles. The summed E-state index contributed by atoms with van der Waals surface area (Å²) < 4.78 is 11.0. The number of rotatable bonds is 2. The summed E-state index contributed by atoms with van der Waals surface area (Å²) >= 11 is 0. The molecule has 1 fully saturated rings. The van der Waals surface area contributed by atoms with Gasteiger partial charge in [-0.1, -0.05) is 19.8 Å². The number of carbonyl (C=O) groups excluding carboxylic acids is 1. The lowest BCUT2D eigenvalue weighted by Gasteiger charge is -2.24. The average molecular weight is 276 g/mol. The number of nitrogens with two attached hydrogens (primary N) is 1. The molecule has 1 saturated carbocycles. The van der Waals surface area contributed by atoms with Crippen molar-refractivity contribution in [3.63, 3.8) is 0 Å². The molecule has 0 bridgehead atoms. The van der Waals surface area contributed by atoms with E-state index in [1.807, 2.05) is 6.92 Å². The van der Waals surface area contributed by atoms with Gasteiger partial charge in [-0.2, -0.15) is 0 Å². The molecule has 1 heterocycles. The van der Waals surface area contributed by atoms with Crippen LogP contribution in [0.3, 0.4) is 0 Å². The number of nitrogen functional groups attached to an aromatic ring is 1. The maximum atomic E-state index is 12.4. The zero-order valence-corrected chi connectivity index (χ0v) is 11.7. The fourth-order valence-corrected chi connectivity index (χ4v) is 2.87. The first-order valence-corrected chi connectivity index (χ1v) is 7.09. The van der Waals surface area contributed by atoms with Crippen LogP contribution in [0.4, 0.5) is 11.4 Å². The van der Waals surface area contributed by atoms with Gasteiger partial charge < -0.3 is 20.5 Å². The second-order valence-electron chi connectivity index (χ2n) is 5.81. The van der Waals surface area contributed by atoms with Crippen LogP contribution in [0.25, 0.3) is 0 Å². The van der Waals surface area contributed by atoms with Crippen LogP contribution in [0.5, 0.6) is 11.5 Å². The number of amides is 1. The Morgan fingerprint density at radius 1 is 1.20 bits per heavy atom. The summed E-state index contributed by atoms with van der Waals surface area (Å²) in [6, 6.07) is 3.46. The van der Waals surface area contributed by atoms with E-state index < -0.39 is 0 Å². The highest BCUT2D eigenvalue weighted by atomic mass is 16.6. The summed E-state index contributed by atoms with van der Waals surface area (Å²) in [7, 11) is 0. The van der Waals surface area contributed by atoms with Crippen molar-refractivity contribution >= 4 is 17.3 Å². The van der Waals surface area contributed by atoms with E-state index in [0.717, 1.165) is 25.7 Å². The van der Waals surface area contributed by atoms with Gasteiger partial charge in [0.15, 0.2) is 11.5 Å². The number of anilines is 2. The first-order valence-electron chi connectivity index (χ1n) is 7.09. The average Bonchev–Trinajstić information content (AvgIpc) is 2.88. The van der Waals surface area contributed by atoms with E-state index in [2.05, 4.69) is 5.32 Å². The van der Waals surface area contributed by atoms with Gasteiger partial charge in [0.05, 0.1) is 11.4 Å². The van der Waals surface area contributed by atoms with E-state index >= 15 is 0 Å². The minimum atomic E-state index is -0.278. The standard InChI is InChI=1S/C15H20N2O3/c1-15(4-2-3-5-15)14(18)17-11-9-13-12(8-10(11)16)19-6-7-20-13/h8-9H,2-7,16H2,1H3,(H,17,18). The molecule has 108 valence electrons. The summed E-state index contributed by atoms with van der Waals surface area (Å²) in [4.78, 5) is 12.4. The SMILES string of the molecule is CC1(C(=O)Nc2cc3c(cc2N)OCCO3)CCCC1. The molecule has 0 saturated heterocycles. The second kappa shape index (κ2) is 4.89. The van der Waals surface area contributed by atoms with E-state index in [-0.39, 0.29) is 11.3 Å². The Kier molecular flexibility index (Phi) is 3.20. The maximum Gasteiger partial charge on any atom is 0.230 e. The molecular weight excluding hydrogens is 256 g/mol. The van der Waals surface area contributed by atoms with Crippen LogP contribution in [0.2, 0.25) is 0 Å². The quantitative estimate of drug-likeness (QED) is 0.814. The Balaban J connectivity index is 1.82. The third-order valence-electron chi connectivity index (χ3n) is 4.22. The molecule has 5 heteroatoms. The number of benzene rings is 1. The molecule has 1 amide bonds. The number of ether oxygens (including phenoxy) is 2. The molecule has 3 N–H and O–H groups in total. The van der Waals surface area contributed by atoms with Gasteiger partial charge in [-0.3, -0.25) is 4.79 Å². The van der Waals surface area contributed by atoms with E-state index in [0.29, 0.717) is 36.1 Å². The van der Waals surface area contributed by atoms with Crippen LogP contribution in [-0.2, 0) is 4.79 Å². The van der Waals surface area contributed by atoms with Gasteiger partial charge in [0.25, 0.3) is 0 Å². The molecule has 1 aromatic rings. The monoisotopic (exact) mass is 276 g/mol. The maximum absolute atomic E-state index is 12.4. The summed E-state index contributed by atoms with van der Waals surface area (Å²) in [5.41, 5.74) is 6.81. The number of nitrogens with one attached hydrogen (secondary N) is 1. The largest absolute Gasteiger partial charge is 0.486 e. The van der Waals surface area contributed by atoms with Crippen molar-refractivity contribution < 1.29 is 14.3 Å². The van der Waals surface area contributed by atoms with Gasteiger partial charge in [-0.25, -0.2) is 0 Å². The van der Waals surface area contributed by atoms with Crippen molar-refractivity contribution in [2.45, 2.75) is 32.6 Å².